The molecule has 0 saturated carbocycles. The van der Waals surface area contributed by atoms with Gasteiger partial charge in [0.25, 0.3) is 0 Å². The molecule has 0 fully saturated rings. The van der Waals surface area contributed by atoms with Crippen molar-refractivity contribution in [2.24, 2.45) is 4.99 Å². The van der Waals surface area contributed by atoms with Crippen molar-refractivity contribution in [2.45, 2.75) is 33.1 Å². The van der Waals surface area contributed by atoms with E-state index < -0.39 is 25.5 Å². The molecule has 0 heterocycles. The molecule has 0 aromatic heterocycles. The van der Waals surface area contributed by atoms with Gasteiger partial charge in [-0.3, -0.25) is 15.1 Å². The van der Waals surface area contributed by atoms with Crippen LogP contribution >= 0.6 is 0 Å². The standard InChI is InChI=1S/C14H20N2O4S/c1-10-6-5-7-12(10)9-8-11(2)13(16(17)18)14(15-3)21(4,19)20/h8-9H,5-7H2,1-4H3/b9-8-,13-11-,15-14+. The van der Waals surface area contributed by atoms with E-state index in [4.69, 9.17) is 0 Å². The molecule has 1 aliphatic rings. The van der Waals surface area contributed by atoms with Crippen molar-refractivity contribution in [3.8, 4) is 0 Å². The summed E-state index contributed by atoms with van der Waals surface area (Å²) < 4.78 is 23.2. The fourth-order valence-corrected chi connectivity index (χ4v) is 3.20. The van der Waals surface area contributed by atoms with Gasteiger partial charge >= 0.3 is 5.70 Å². The summed E-state index contributed by atoms with van der Waals surface area (Å²) in [5.41, 5.74) is 2.24. The Hall–Kier alpha value is -1.76. The van der Waals surface area contributed by atoms with Gasteiger partial charge in [-0.05, 0) is 38.7 Å². The van der Waals surface area contributed by atoms with Crippen LogP contribution in [0.5, 0.6) is 0 Å². The maximum Gasteiger partial charge on any atom is 0.308 e. The highest BCUT2D eigenvalue weighted by atomic mass is 32.2. The Kier molecular flexibility index (Phi) is 5.60. The van der Waals surface area contributed by atoms with E-state index in [1.54, 1.807) is 6.08 Å². The van der Waals surface area contributed by atoms with Crippen LogP contribution in [0.25, 0.3) is 0 Å². The molecule has 0 radical (unpaired) electrons. The van der Waals surface area contributed by atoms with Gasteiger partial charge in [-0.25, -0.2) is 8.42 Å². The summed E-state index contributed by atoms with van der Waals surface area (Å²) in [5, 5.41) is 10.7. The molecule has 1 rings (SSSR count). The second kappa shape index (κ2) is 6.80. The molecule has 116 valence electrons. The summed E-state index contributed by atoms with van der Waals surface area (Å²) in [4.78, 5) is 14.1. The molecule has 0 spiro atoms. The second-order valence-electron chi connectivity index (χ2n) is 5.08. The molecular weight excluding hydrogens is 292 g/mol. The first-order chi connectivity index (χ1) is 9.68. The molecule has 7 heteroatoms. The number of hydrogen-bond donors (Lipinski definition) is 0. The Bertz CT molecular complexity index is 667. The van der Waals surface area contributed by atoms with Crippen molar-refractivity contribution in [3.63, 3.8) is 0 Å². The number of nitro groups is 1. The number of rotatable bonds is 4. The average Bonchev–Trinajstić information content (AvgIpc) is 2.76. The molecule has 21 heavy (non-hydrogen) atoms. The van der Waals surface area contributed by atoms with E-state index >= 15 is 0 Å². The first-order valence-electron chi connectivity index (χ1n) is 6.57. The van der Waals surface area contributed by atoms with Crippen molar-refractivity contribution in [2.75, 3.05) is 13.3 Å². The zero-order valence-corrected chi connectivity index (χ0v) is 13.5. The largest absolute Gasteiger partial charge is 0.308 e. The van der Waals surface area contributed by atoms with Gasteiger partial charge < -0.3 is 0 Å². The Morgan fingerprint density at radius 2 is 2.00 bits per heavy atom. The smallest absolute Gasteiger partial charge is 0.271 e. The normalized spacial score (nSPS) is 18.4. The minimum Gasteiger partial charge on any atom is -0.271 e. The van der Waals surface area contributed by atoms with Gasteiger partial charge in [0, 0.05) is 18.9 Å². The highest BCUT2D eigenvalue weighted by Crippen LogP contribution is 2.26. The first kappa shape index (κ1) is 17.3. The van der Waals surface area contributed by atoms with E-state index in [1.807, 2.05) is 13.0 Å². The van der Waals surface area contributed by atoms with E-state index in [-0.39, 0.29) is 5.57 Å². The maximum atomic E-state index is 11.6. The van der Waals surface area contributed by atoms with Gasteiger partial charge in [0.15, 0.2) is 9.84 Å². The number of hydrogen-bond acceptors (Lipinski definition) is 5. The molecule has 0 bridgehead atoms. The van der Waals surface area contributed by atoms with Gasteiger partial charge in [-0.1, -0.05) is 17.7 Å². The lowest BCUT2D eigenvalue weighted by atomic mass is 10.1. The number of allylic oxidation sites excluding steroid dienone is 5. The predicted molar refractivity (Wildman–Crippen MR) is 83.6 cm³/mol. The van der Waals surface area contributed by atoms with Gasteiger partial charge in [0.1, 0.15) is 0 Å². The van der Waals surface area contributed by atoms with E-state index in [1.165, 1.54) is 19.5 Å². The third kappa shape index (κ3) is 4.35. The summed E-state index contributed by atoms with van der Waals surface area (Å²) in [5.74, 6) is 0. The van der Waals surface area contributed by atoms with Gasteiger partial charge in [0.2, 0.25) is 5.04 Å². The van der Waals surface area contributed by atoms with Crippen LogP contribution < -0.4 is 0 Å². The van der Waals surface area contributed by atoms with Crippen molar-refractivity contribution in [3.05, 3.63) is 44.7 Å². The lowest BCUT2D eigenvalue weighted by Crippen LogP contribution is -2.21. The van der Waals surface area contributed by atoms with E-state index in [0.717, 1.165) is 31.1 Å². The zero-order valence-electron chi connectivity index (χ0n) is 12.7. The Labute approximate surface area is 125 Å². The summed E-state index contributed by atoms with van der Waals surface area (Å²) in [6, 6.07) is 0. The summed E-state index contributed by atoms with van der Waals surface area (Å²) in [6.07, 6.45) is 7.41. The van der Waals surface area contributed by atoms with E-state index in [2.05, 4.69) is 4.99 Å². The van der Waals surface area contributed by atoms with Crippen molar-refractivity contribution < 1.29 is 13.3 Å². The molecule has 6 nitrogen and oxygen atoms in total. The summed E-state index contributed by atoms with van der Waals surface area (Å²) in [6.45, 7) is 3.56. The average molecular weight is 312 g/mol. The van der Waals surface area contributed by atoms with Crippen LogP contribution in [0.15, 0.2) is 39.6 Å². The number of nitrogens with zero attached hydrogens (tertiary/aromatic N) is 2. The summed E-state index contributed by atoms with van der Waals surface area (Å²) in [7, 11) is -2.51. The molecule has 0 atom stereocenters. The fraction of sp³-hybridized carbons (Fsp3) is 0.500. The van der Waals surface area contributed by atoms with Crippen LogP contribution in [-0.4, -0.2) is 31.7 Å². The van der Waals surface area contributed by atoms with E-state index in [9.17, 15) is 18.5 Å². The summed E-state index contributed by atoms with van der Waals surface area (Å²) >= 11 is 0. The second-order valence-corrected chi connectivity index (χ2v) is 7.01. The first-order valence-corrected chi connectivity index (χ1v) is 8.46. The molecule has 1 aliphatic carbocycles. The van der Waals surface area contributed by atoms with Crippen LogP contribution in [-0.2, 0) is 9.84 Å². The Morgan fingerprint density at radius 3 is 2.38 bits per heavy atom. The molecular formula is C14H20N2O4S. The fourth-order valence-electron chi connectivity index (χ4n) is 2.29. The molecule has 0 saturated heterocycles. The van der Waals surface area contributed by atoms with Crippen molar-refractivity contribution >= 4 is 14.9 Å². The van der Waals surface area contributed by atoms with Crippen molar-refractivity contribution in [1.82, 2.24) is 0 Å². The van der Waals surface area contributed by atoms with Crippen LogP contribution in [0.1, 0.15) is 33.1 Å². The Balaban J connectivity index is 3.29. The lowest BCUT2D eigenvalue weighted by molar-refractivity contribution is -0.415. The van der Waals surface area contributed by atoms with Crippen molar-refractivity contribution in [1.29, 1.82) is 0 Å². The maximum absolute atomic E-state index is 11.6. The highest BCUT2D eigenvalue weighted by Gasteiger charge is 2.29. The van der Waals surface area contributed by atoms with Crippen LogP contribution in [0.4, 0.5) is 0 Å². The third-order valence-electron chi connectivity index (χ3n) is 3.39. The van der Waals surface area contributed by atoms with Gasteiger partial charge in [0.05, 0.1) is 4.92 Å². The minimum atomic E-state index is -3.75. The zero-order chi connectivity index (χ0) is 16.2. The Morgan fingerprint density at radius 1 is 1.38 bits per heavy atom. The molecule has 0 aliphatic heterocycles. The third-order valence-corrected chi connectivity index (χ3v) is 4.47. The van der Waals surface area contributed by atoms with Crippen LogP contribution in [0.3, 0.4) is 0 Å². The lowest BCUT2D eigenvalue weighted by Gasteiger charge is -2.03. The molecule has 0 aromatic rings. The molecule has 0 aromatic carbocycles. The molecule has 0 amide bonds. The van der Waals surface area contributed by atoms with Gasteiger partial charge in [-0.2, -0.15) is 0 Å². The topological polar surface area (TPSA) is 89.6 Å². The van der Waals surface area contributed by atoms with Crippen LogP contribution in [0.2, 0.25) is 0 Å². The van der Waals surface area contributed by atoms with Gasteiger partial charge in [-0.15, -0.1) is 0 Å². The SMILES string of the molecule is C\N=C(/C(=C(C)/C=C\C1=C(C)CCC1)[N+](=O)[O-])S(C)(=O)=O. The highest BCUT2D eigenvalue weighted by molar-refractivity contribution is 8.06. The number of sulfone groups is 1. The molecule has 0 N–H and O–H groups in total. The van der Waals surface area contributed by atoms with Crippen LogP contribution in [0, 0.1) is 10.1 Å². The monoisotopic (exact) mass is 312 g/mol. The molecule has 0 unspecified atom stereocenters. The minimum absolute atomic E-state index is 0.276. The predicted octanol–water partition coefficient (Wildman–Crippen LogP) is 2.67. The quantitative estimate of drug-likeness (QED) is 0.262. The van der Waals surface area contributed by atoms with E-state index in [0.29, 0.717) is 0 Å². The number of aliphatic imine (C=N–C) groups is 1.